The van der Waals surface area contributed by atoms with Gasteiger partial charge in [0, 0.05) is 26.2 Å². The summed E-state index contributed by atoms with van der Waals surface area (Å²) in [7, 11) is 6.86. The molecule has 1 fully saturated rings. The van der Waals surface area contributed by atoms with Gasteiger partial charge in [0.15, 0.2) is 17.6 Å². The zero-order chi connectivity index (χ0) is 31.9. The summed E-state index contributed by atoms with van der Waals surface area (Å²) in [6.07, 6.45) is 2.72. The highest BCUT2D eigenvalue weighted by Crippen LogP contribution is 2.66. The van der Waals surface area contributed by atoms with Gasteiger partial charge in [-0.25, -0.2) is 9.59 Å². The van der Waals surface area contributed by atoms with Gasteiger partial charge in [-0.1, -0.05) is 6.07 Å². The molecule has 2 heterocycles. The van der Waals surface area contributed by atoms with E-state index in [2.05, 4.69) is 18.0 Å². The zero-order valence-electron chi connectivity index (χ0n) is 26.6. The van der Waals surface area contributed by atoms with Crippen LogP contribution < -0.4 is 9.47 Å². The van der Waals surface area contributed by atoms with Gasteiger partial charge in [-0.15, -0.1) is 0 Å². The number of hydrogen-bond donors (Lipinski definition) is 0. The number of carbonyl (C=O) groups is 2. The molecule has 1 aromatic carbocycles. The molecule has 0 radical (unpaired) electrons. The van der Waals surface area contributed by atoms with E-state index in [1.54, 1.807) is 21.3 Å². The lowest BCUT2D eigenvalue weighted by molar-refractivity contribution is -0.209. The van der Waals surface area contributed by atoms with Gasteiger partial charge >= 0.3 is 11.9 Å². The number of hydrogen-bond acceptors (Lipinski definition) is 13. The number of carbonyl (C=O) groups excluding carboxylic acids is 2. The lowest BCUT2D eigenvalue weighted by atomic mass is 9.50. The van der Waals surface area contributed by atoms with Crippen LogP contribution in [-0.4, -0.2) is 136 Å². The zero-order valence-corrected chi connectivity index (χ0v) is 26.6. The van der Waals surface area contributed by atoms with Crippen LogP contribution in [0.3, 0.4) is 0 Å². The minimum absolute atomic E-state index is 0.138. The highest BCUT2D eigenvalue weighted by Gasteiger charge is 2.74. The predicted molar refractivity (Wildman–Crippen MR) is 158 cm³/mol. The molecule has 0 amide bonds. The summed E-state index contributed by atoms with van der Waals surface area (Å²) in [5.41, 5.74) is 0.269. The molecule has 4 aliphatic rings. The van der Waals surface area contributed by atoms with Gasteiger partial charge in [-0.2, -0.15) is 0 Å². The molecule has 1 unspecified atom stereocenters. The molecule has 2 aliphatic carbocycles. The van der Waals surface area contributed by atoms with Crippen molar-refractivity contribution in [2.45, 2.75) is 42.4 Å². The van der Waals surface area contributed by atoms with E-state index in [1.807, 2.05) is 12.1 Å². The number of likely N-dealkylation sites (tertiary alicyclic amines) is 1. The topological polar surface area (TPSA) is 130 Å². The summed E-state index contributed by atoms with van der Waals surface area (Å²) < 4.78 is 56.7. The minimum Gasteiger partial charge on any atom is -0.493 e. The van der Waals surface area contributed by atoms with Crippen molar-refractivity contribution in [3.05, 3.63) is 35.1 Å². The molecule has 1 spiro atoms. The molecular weight excluding hydrogens is 590 g/mol. The van der Waals surface area contributed by atoms with Crippen molar-refractivity contribution in [3.63, 3.8) is 0 Å². The van der Waals surface area contributed by atoms with E-state index in [1.165, 1.54) is 0 Å². The SMILES string of the molecule is COCCOCCOCC(=O)OC1=CC[C@@]2(OC(=O)COCCOCCOC)[C@H]3Cc4ccc(OC)c5c4[C@@]2(CCN3C)C1O5. The predicted octanol–water partition coefficient (Wildman–Crippen LogP) is 1.43. The number of benzene rings is 1. The van der Waals surface area contributed by atoms with E-state index in [0.29, 0.717) is 76.2 Å². The van der Waals surface area contributed by atoms with Crippen molar-refractivity contribution in [2.24, 2.45) is 0 Å². The number of piperidine rings is 1. The summed E-state index contributed by atoms with van der Waals surface area (Å²) >= 11 is 0. The van der Waals surface area contributed by atoms with E-state index < -0.39 is 29.1 Å². The Kier molecular flexibility index (Phi) is 11.3. The third kappa shape index (κ3) is 6.57. The third-order valence-electron chi connectivity index (χ3n) is 9.09. The number of nitrogens with zero attached hydrogens (tertiary/aromatic N) is 1. The molecule has 2 bridgehead atoms. The van der Waals surface area contributed by atoms with Gasteiger partial charge in [-0.3, -0.25) is 4.90 Å². The Morgan fingerprint density at radius 2 is 1.53 bits per heavy atom. The first-order valence-electron chi connectivity index (χ1n) is 15.4. The highest BCUT2D eigenvalue weighted by molar-refractivity contribution is 5.75. The largest absolute Gasteiger partial charge is 0.493 e. The van der Waals surface area contributed by atoms with E-state index in [0.717, 1.165) is 17.7 Å². The summed E-state index contributed by atoms with van der Waals surface area (Å²) in [5, 5.41) is 0. The molecule has 4 atom stereocenters. The van der Waals surface area contributed by atoms with Gasteiger partial charge < -0.3 is 47.4 Å². The quantitative estimate of drug-likeness (QED) is 0.161. The van der Waals surface area contributed by atoms with Crippen molar-refractivity contribution in [1.82, 2.24) is 4.90 Å². The Morgan fingerprint density at radius 1 is 0.889 bits per heavy atom. The second-order valence-electron chi connectivity index (χ2n) is 11.5. The second kappa shape index (κ2) is 15.2. The number of ether oxygens (including phenoxy) is 10. The van der Waals surface area contributed by atoms with Crippen LogP contribution in [0.5, 0.6) is 11.5 Å². The van der Waals surface area contributed by atoms with Crippen molar-refractivity contribution in [3.8, 4) is 11.5 Å². The fourth-order valence-electron chi connectivity index (χ4n) is 7.19. The standard InChI is InChI=1S/C32H45NO12/c1-33-10-9-31-28-22-5-6-23(38-4)29(28)44-30(31)24(43-26(34)20-41-17-15-39-13-11-36-2)7-8-32(31,25(33)19-22)45-27(35)21-42-18-16-40-14-12-37-3/h5-7,25,30H,8-21H2,1-4H3/t25-,30?,31+,32-/m1/s1. The second-order valence-corrected chi connectivity index (χ2v) is 11.5. The Bertz CT molecular complexity index is 1220. The fraction of sp³-hybridized carbons (Fsp3) is 0.688. The van der Waals surface area contributed by atoms with Crippen LogP contribution in [0.25, 0.3) is 0 Å². The van der Waals surface area contributed by atoms with E-state index in [9.17, 15) is 9.59 Å². The molecular formula is C32H45NO12. The summed E-state index contributed by atoms with van der Waals surface area (Å²) in [4.78, 5) is 28.6. The first-order chi connectivity index (χ1) is 21.9. The van der Waals surface area contributed by atoms with Crippen LogP contribution in [-0.2, 0) is 59.3 Å². The van der Waals surface area contributed by atoms with Crippen LogP contribution in [0.2, 0.25) is 0 Å². The van der Waals surface area contributed by atoms with Crippen LogP contribution in [0.15, 0.2) is 24.0 Å². The van der Waals surface area contributed by atoms with Crippen molar-refractivity contribution >= 4 is 11.9 Å². The Morgan fingerprint density at radius 3 is 2.20 bits per heavy atom. The molecule has 0 N–H and O–H groups in total. The molecule has 1 saturated heterocycles. The highest BCUT2D eigenvalue weighted by atomic mass is 16.6. The van der Waals surface area contributed by atoms with Crippen molar-refractivity contribution < 1.29 is 57.0 Å². The van der Waals surface area contributed by atoms with Crippen LogP contribution in [0, 0.1) is 0 Å². The van der Waals surface area contributed by atoms with E-state index >= 15 is 0 Å². The molecule has 45 heavy (non-hydrogen) atoms. The van der Waals surface area contributed by atoms with Gasteiger partial charge in [0.25, 0.3) is 0 Å². The summed E-state index contributed by atoms with van der Waals surface area (Å²) in [6, 6.07) is 3.82. The van der Waals surface area contributed by atoms with Crippen LogP contribution in [0.1, 0.15) is 24.0 Å². The smallest absolute Gasteiger partial charge is 0.337 e. The Hall–Kier alpha value is -2.78. The third-order valence-corrected chi connectivity index (χ3v) is 9.09. The van der Waals surface area contributed by atoms with Crippen molar-refractivity contribution in [2.75, 3.05) is 101 Å². The maximum Gasteiger partial charge on any atom is 0.337 e. The molecule has 250 valence electrons. The maximum atomic E-state index is 13.4. The normalized spacial score (nSPS) is 26.1. The van der Waals surface area contributed by atoms with Crippen molar-refractivity contribution in [1.29, 1.82) is 0 Å². The monoisotopic (exact) mass is 635 g/mol. The van der Waals surface area contributed by atoms with E-state index in [-0.39, 0.29) is 32.5 Å². The molecule has 2 aliphatic heterocycles. The Labute approximate surface area is 263 Å². The average molecular weight is 636 g/mol. The molecule has 1 aromatic rings. The Balaban J connectivity index is 1.36. The lowest BCUT2D eigenvalue weighted by Gasteiger charge is -2.62. The van der Waals surface area contributed by atoms with Gasteiger partial charge in [0.05, 0.1) is 71.4 Å². The number of likely N-dealkylation sites (N-methyl/N-ethyl adjacent to an activating group) is 1. The molecule has 13 heteroatoms. The fourth-order valence-corrected chi connectivity index (χ4v) is 7.19. The number of rotatable bonds is 19. The van der Waals surface area contributed by atoms with Crippen LogP contribution in [0.4, 0.5) is 0 Å². The summed E-state index contributed by atoms with van der Waals surface area (Å²) in [5.74, 6) is 0.536. The molecule has 5 rings (SSSR count). The van der Waals surface area contributed by atoms with E-state index in [4.69, 9.17) is 47.4 Å². The molecule has 0 saturated carbocycles. The lowest BCUT2D eigenvalue weighted by Crippen LogP contribution is -2.76. The average Bonchev–Trinajstić information content (AvgIpc) is 3.39. The first kappa shape index (κ1) is 33.6. The number of esters is 2. The maximum absolute atomic E-state index is 13.4. The van der Waals surface area contributed by atoms with Gasteiger partial charge in [-0.05, 0) is 44.1 Å². The molecule has 13 nitrogen and oxygen atoms in total. The first-order valence-corrected chi connectivity index (χ1v) is 15.4. The summed E-state index contributed by atoms with van der Waals surface area (Å²) in [6.45, 7) is 3.30. The molecule has 0 aromatic heterocycles. The van der Waals surface area contributed by atoms with Gasteiger partial charge in [0.2, 0.25) is 0 Å². The minimum atomic E-state index is -0.989. The van der Waals surface area contributed by atoms with Gasteiger partial charge in [0.1, 0.15) is 24.6 Å². The van der Waals surface area contributed by atoms with Crippen LogP contribution >= 0.6 is 0 Å². The number of methoxy groups -OCH3 is 3.